The molecule has 3 aromatic rings. The van der Waals surface area contributed by atoms with Crippen LogP contribution in [-0.2, 0) is 19.5 Å². The summed E-state index contributed by atoms with van der Waals surface area (Å²) in [6, 6.07) is 18.0. The maximum absolute atomic E-state index is 13.0. The molecule has 0 aliphatic heterocycles. The Morgan fingerprint density at radius 1 is 1.00 bits per heavy atom. The van der Waals surface area contributed by atoms with Crippen LogP contribution in [0.5, 0.6) is 0 Å². The molecule has 0 fully saturated rings. The number of benzene rings is 2. The number of rotatable bonds is 7. The predicted octanol–water partition coefficient (Wildman–Crippen LogP) is 4.17. The molecule has 142 valence electrons. The average Bonchev–Trinajstić information content (AvgIpc) is 2.64. The van der Waals surface area contributed by atoms with Crippen LogP contribution in [0.2, 0.25) is 0 Å². The Morgan fingerprint density at radius 3 is 2.44 bits per heavy atom. The molecule has 2 aromatic carbocycles. The van der Waals surface area contributed by atoms with Crippen molar-refractivity contribution in [2.45, 2.75) is 46.7 Å². The highest BCUT2D eigenvalue weighted by Crippen LogP contribution is 2.18. The molecule has 0 saturated carbocycles. The number of hydrogen-bond acceptors (Lipinski definition) is 3. The first kappa shape index (κ1) is 19.3. The first-order valence-electron chi connectivity index (χ1n) is 9.67. The third kappa shape index (κ3) is 5.27. The van der Waals surface area contributed by atoms with Crippen LogP contribution in [0.3, 0.4) is 0 Å². The molecule has 3 rings (SSSR count). The lowest BCUT2D eigenvalue weighted by atomic mass is 9.96. The van der Waals surface area contributed by atoms with E-state index in [9.17, 15) is 4.79 Å². The zero-order chi connectivity index (χ0) is 19.3. The highest BCUT2D eigenvalue weighted by Gasteiger charge is 2.17. The first-order valence-corrected chi connectivity index (χ1v) is 9.67. The van der Waals surface area contributed by atoms with Crippen LogP contribution in [0, 0.1) is 5.41 Å². The van der Waals surface area contributed by atoms with Crippen LogP contribution in [0.15, 0.2) is 59.4 Å². The summed E-state index contributed by atoms with van der Waals surface area (Å²) in [5.74, 6) is 0.884. The van der Waals surface area contributed by atoms with Gasteiger partial charge in [0.2, 0.25) is 0 Å². The minimum Gasteiger partial charge on any atom is -0.313 e. The Balaban J connectivity index is 1.72. The molecule has 0 radical (unpaired) electrons. The molecule has 0 aliphatic rings. The Hall–Kier alpha value is -2.46. The molecule has 27 heavy (non-hydrogen) atoms. The van der Waals surface area contributed by atoms with E-state index < -0.39 is 0 Å². The van der Waals surface area contributed by atoms with Crippen molar-refractivity contribution in [1.29, 1.82) is 0 Å². The topological polar surface area (TPSA) is 46.9 Å². The van der Waals surface area contributed by atoms with E-state index in [1.54, 1.807) is 0 Å². The fraction of sp³-hybridized carbons (Fsp3) is 0.391. The Kier molecular flexibility index (Phi) is 6.07. The summed E-state index contributed by atoms with van der Waals surface area (Å²) >= 11 is 0. The summed E-state index contributed by atoms with van der Waals surface area (Å²) in [6.45, 7) is 8.89. The Labute approximate surface area is 161 Å². The molecule has 0 aliphatic carbocycles. The van der Waals surface area contributed by atoms with Crippen molar-refractivity contribution in [3.05, 3.63) is 76.3 Å². The number of hydrogen-bond donors (Lipinski definition) is 1. The minimum atomic E-state index is 0.0221. The highest BCUT2D eigenvalue weighted by molar-refractivity contribution is 5.77. The number of aromatic nitrogens is 2. The van der Waals surface area contributed by atoms with Crippen LogP contribution in [0.1, 0.15) is 38.6 Å². The molecule has 0 saturated heterocycles. The van der Waals surface area contributed by atoms with Gasteiger partial charge in [-0.1, -0.05) is 63.2 Å². The molecule has 4 heteroatoms. The van der Waals surface area contributed by atoms with E-state index in [4.69, 9.17) is 4.98 Å². The van der Waals surface area contributed by atoms with E-state index in [-0.39, 0.29) is 11.0 Å². The van der Waals surface area contributed by atoms with E-state index in [1.807, 2.05) is 34.9 Å². The summed E-state index contributed by atoms with van der Waals surface area (Å²) < 4.78 is 1.87. The van der Waals surface area contributed by atoms with Crippen molar-refractivity contribution >= 4 is 10.9 Å². The fourth-order valence-corrected chi connectivity index (χ4v) is 3.24. The average molecular weight is 364 g/mol. The molecule has 1 N–H and O–H groups in total. The smallest absolute Gasteiger partial charge is 0.261 e. The maximum Gasteiger partial charge on any atom is 0.261 e. The van der Waals surface area contributed by atoms with Crippen molar-refractivity contribution in [1.82, 2.24) is 14.9 Å². The lowest BCUT2D eigenvalue weighted by Gasteiger charge is -2.22. The molecule has 0 unspecified atom stereocenters. The zero-order valence-electron chi connectivity index (χ0n) is 16.5. The van der Waals surface area contributed by atoms with Gasteiger partial charge in [-0.05, 0) is 36.1 Å². The normalized spacial score (nSPS) is 11.8. The minimum absolute atomic E-state index is 0.0221. The molecule has 4 nitrogen and oxygen atoms in total. The van der Waals surface area contributed by atoms with E-state index in [0.29, 0.717) is 11.9 Å². The second-order valence-electron chi connectivity index (χ2n) is 8.26. The lowest BCUT2D eigenvalue weighted by Crippen LogP contribution is -2.31. The van der Waals surface area contributed by atoms with Crippen molar-refractivity contribution in [3.8, 4) is 0 Å². The molecule has 1 aromatic heterocycles. The van der Waals surface area contributed by atoms with Crippen molar-refractivity contribution in [2.24, 2.45) is 5.41 Å². The number of fused-ring (bicyclic) bond motifs is 1. The van der Waals surface area contributed by atoms with Gasteiger partial charge in [0.05, 0.1) is 10.9 Å². The van der Waals surface area contributed by atoms with Crippen LogP contribution >= 0.6 is 0 Å². The SMILES string of the molecule is CC(C)(C)Cn1c(CCCNCc2ccccc2)nc2ccccc2c1=O. The summed E-state index contributed by atoms with van der Waals surface area (Å²) in [5.41, 5.74) is 2.17. The van der Waals surface area contributed by atoms with Gasteiger partial charge < -0.3 is 5.32 Å². The Bertz CT molecular complexity index is 939. The quantitative estimate of drug-likeness (QED) is 0.641. The van der Waals surface area contributed by atoms with E-state index in [2.05, 4.69) is 50.4 Å². The summed E-state index contributed by atoms with van der Waals surface area (Å²) in [4.78, 5) is 17.8. The fourth-order valence-electron chi connectivity index (χ4n) is 3.24. The van der Waals surface area contributed by atoms with E-state index >= 15 is 0 Å². The molecular weight excluding hydrogens is 334 g/mol. The molecule has 1 heterocycles. The predicted molar refractivity (Wildman–Crippen MR) is 112 cm³/mol. The highest BCUT2D eigenvalue weighted by atomic mass is 16.1. The number of nitrogens with one attached hydrogen (secondary N) is 1. The van der Waals surface area contributed by atoms with Crippen molar-refractivity contribution in [2.75, 3.05) is 6.54 Å². The lowest BCUT2D eigenvalue weighted by molar-refractivity contribution is 0.330. The number of nitrogens with zero attached hydrogens (tertiary/aromatic N) is 2. The molecule has 0 atom stereocenters. The standard InChI is InChI=1S/C23H29N3O/c1-23(2,3)17-26-21(25-20-13-8-7-12-19(20)22(26)27)14-9-15-24-16-18-10-5-4-6-11-18/h4-8,10-13,24H,9,14-17H2,1-3H3. The van der Waals surface area contributed by atoms with Crippen molar-refractivity contribution in [3.63, 3.8) is 0 Å². The van der Waals surface area contributed by atoms with Crippen LogP contribution < -0.4 is 10.9 Å². The number of aryl methyl sites for hydroxylation is 1. The Morgan fingerprint density at radius 2 is 1.70 bits per heavy atom. The second kappa shape index (κ2) is 8.49. The molecule has 0 spiro atoms. The van der Waals surface area contributed by atoms with Gasteiger partial charge in [0.15, 0.2) is 0 Å². The second-order valence-corrected chi connectivity index (χ2v) is 8.26. The van der Waals surface area contributed by atoms with Gasteiger partial charge in [0.25, 0.3) is 5.56 Å². The number of para-hydroxylation sites is 1. The summed E-state index contributed by atoms with van der Waals surface area (Å²) in [6.07, 6.45) is 1.74. The maximum atomic E-state index is 13.0. The molecule has 0 bridgehead atoms. The van der Waals surface area contributed by atoms with E-state index in [0.717, 1.165) is 37.3 Å². The third-order valence-electron chi connectivity index (χ3n) is 4.50. The van der Waals surface area contributed by atoms with Crippen molar-refractivity contribution < 1.29 is 0 Å². The van der Waals surface area contributed by atoms with Crippen LogP contribution in [0.25, 0.3) is 10.9 Å². The van der Waals surface area contributed by atoms with Gasteiger partial charge in [-0.15, -0.1) is 0 Å². The zero-order valence-corrected chi connectivity index (χ0v) is 16.5. The van der Waals surface area contributed by atoms with Gasteiger partial charge in [0.1, 0.15) is 5.82 Å². The van der Waals surface area contributed by atoms with Gasteiger partial charge in [0, 0.05) is 19.5 Å². The van der Waals surface area contributed by atoms with Gasteiger partial charge in [-0.25, -0.2) is 4.98 Å². The van der Waals surface area contributed by atoms with Gasteiger partial charge in [-0.2, -0.15) is 0 Å². The largest absolute Gasteiger partial charge is 0.313 e. The van der Waals surface area contributed by atoms with Gasteiger partial charge >= 0.3 is 0 Å². The van der Waals surface area contributed by atoms with E-state index in [1.165, 1.54) is 5.56 Å². The van der Waals surface area contributed by atoms with Gasteiger partial charge in [-0.3, -0.25) is 9.36 Å². The molecular formula is C23H29N3O. The molecule has 0 amide bonds. The monoisotopic (exact) mass is 363 g/mol. The van der Waals surface area contributed by atoms with Crippen LogP contribution in [-0.4, -0.2) is 16.1 Å². The summed E-state index contributed by atoms with van der Waals surface area (Å²) in [7, 11) is 0. The van der Waals surface area contributed by atoms with Crippen LogP contribution in [0.4, 0.5) is 0 Å². The first-order chi connectivity index (χ1) is 12.9. The third-order valence-corrected chi connectivity index (χ3v) is 4.50. The summed E-state index contributed by atoms with van der Waals surface area (Å²) in [5, 5.41) is 4.18.